The lowest BCUT2D eigenvalue weighted by atomic mass is 9.74. The zero-order valence-electron chi connectivity index (χ0n) is 13.8. The van der Waals surface area contributed by atoms with Crippen molar-refractivity contribution in [2.45, 2.75) is 57.5 Å². The Morgan fingerprint density at radius 3 is 3.00 bits per heavy atom. The van der Waals surface area contributed by atoms with Gasteiger partial charge in [-0.2, -0.15) is 0 Å². The van der Waals surface area contributed by atoms with E-state index in [2.05, 4.69) is 16.4 Å². The number of rotatable bonds is 4. The van der Waals surface area contributed by atoms with Crippen LogP contribution in [0.25, 0.3) is 10.2 Å². The number of nitrogens with one attached hydrogen (secondary N) is 1. The molecule has 3 unspecified atom stereocenters. The molecule has 1 fully saturated rings. The van der Waals surface area contributed by atoms with Crippen molar-refractivity contribution < 1.29 is 4.79 Å². The number of benzene rings is 1. The molecule has 3 rings (SSSR count). The Balaban J connectivity index is 1.62. The number of fused-ring (bicyclic) bond motifs is 1. The van der Waals surface area contributed by atoms with E-state index in [0.717, 1.165) is 42.6 Å². The molecule has 124 valence electrons. The minimum absolute atomic E-state index is 0.0702. The Kier molecular flexibility index (Phi) is 4.69. The molecule has 0 aliphatic heterocycles. The van der Waals surface area contributed by atoms with Gasteiger partial charge >= 0.3 is 0 Å². The first-order valence-corrected chi connectivity index (χ1v) is 9.21. The van der Waals surface area contributed by atoms with Crippen LogP contribution >= 0.6 is 11.3 Å². The lowest BCUT2D eigenvalue weighted by Gasteiger charge is -2.37. The van der Waals surface area contributed by atoms with Crippen molar-refractivity contribution in [2.75, 3.05) is 0 Å². The number of aromatic nitrogens is 1. The minimum atomic E-state index is -0.377. The van der Waals surface area contributed by atoms with Gasteiger partial charge in [-0.25, -0.2) is 4.98 Å². The Morgan fingerprint density at radius 1 is 1.48 bits per heavy atom. The fraction of sp³-hybridized carbons (Fsp3) is 0.556. The number of carbonyl (C=O) groups excluding carboxylic acids is 1. The average molecular weight is 331 g/mol. The van der Waals surface area contributed by atoms with Gasteiger partial charge in [0.15, 0.2) is 0 Å². The first-order valence-electron chi connectivity index (χ1n) is 8.39. The number of nitrogens with two attached hydrogens (primary N) is 1. The van der Waals surface area contributed by atoms with Crippen LogP contribution < -0.4 is 11.1 Å². The summed E-state index contributed by atoms with van der Waals surface area (Å²) in [5.41, 5.74) is 6.99. The number of carbonyl (C=O) groups is 1. The van der Waals surface area contributed by atoms with E-state index in [0.29, 0.717) is 0 Å². The van der Waals surface area contributed by atoms with Crippen molar-refractivity contribution in [3.63, 3.8) is 0 Å². The summed E-state index contributed by atoms with van der Waals surface area (Å²) in [6.07, 6.45) is 4.80. The zero-order chi connectivity index (χ0) is 16.4. The predicted molar refractivity (Wildman–Crippen MR) is 95.5 cm³/mol. The minimum Gasteiger partial charge on any atom is -0.353 e. The summed E-state index contributed by atoms with van der Waals surface area (Å²) in [6, 6.07) is 8.21. The second-order valence-corrected chi connectivity index (χ2v) is 8.11. The maximum absolute atomic E-state index is 12.6. The van der Waals surface area contributed by atoms with Crippen LogP contribution in [-0.4, -0.2) is 22.5 Å². The molecule has 2 aromatic rings. The highest BCUT2D eigenvalue weighted by molar-refractivity contribution is 7.18. The molecule has 1 amide bonds. The van der Waals surface area contributed by atoms with Crippen LogP contribution in [0, 0.1) is 5.92 Å². The third kappa shape index (κ3) is 3.72. The quantitative estimate of drug-likeness (QED) is 0.903. The molecule has 1 aliphatic rings. The van der Waals surface area contributed by atoms with E-state index >= 15 is 0 Å². The largest absolute Gasteiger partial charge is 0.353 e. The van der Waals surface area contributed by atoms with Crippen molar-refractivity contribution in [1.82, 2.24) is 10.3 Å². The van der Waals surface area contributed by atoms with Crippen molar-refractivity contribution in [3.05, 3.63) is 29.3 Å². The summed E-state index contributed by atoms with van der Waals surface area (Å²) in [5, 5.41) is 4.21. The zero-order valence-corrected chi connectivity index (χ0v) is 14.7. The van der Waals surface area contributed by atoms with E-state index in [1.54, 1.807) is 11.3 Å². The molecule has 5 heteroatoms. The van der Waals surface area contributed by atoms with Gasteiger partial charge < -0.3 is 11.1 Å². The van der Waals surface area contributed by atoms with Gasteiger partial charge in [0.1, 0.15) is 0 Å². The Hall–Kier alpha value is -1.46. The predicted octanol–water partition coefficient (Wildman–Crippen LogP) is 3.25. The highest BCUT2D eigenvalue weighted by atomic mass is 32.1. The fourth-order valence-corrected chi connectivity index (χ4v) is 4.55. The van der Waals surface area contributed by atoms with Crippen molar-refractivity contribution in [3.8, 4) is 0 Å². The number of hydrogen-bond donors (Lipinski definition) is 2. The van der Waals surface area contributed by atoms with E-state index < -0.39 is 0 Å². The molecular weight excluding hydrogens is 306 g/mol. The van der Waals surface area contributed by atoms with Gasteiger partial charge in [-0.15, -0.1) is 11.3 Å². The van der Waals surface area contributed by atoms with Gasteiger partial charge in [0.05, 0.1) is 21.1 Å². The number of nitrogens with zero attached hydrogens (tertiary/aromatic N) is 1. The summed E-state index contributed by atoms with van der Waals surface area (Å²) >= 11 is 1.70. The second-order valence-electron chi connectivity index (χ2n) is 6.99. The standard InChI is InChI=1S/C18H25N3OS/c1-12(11-16-21-14-8-3-4-9-15(14)23-16)20-17(22)13-7-5-6-10-18(13,2)19/h3-4,8-9,12-13H,5-7,10-11,19H2,1-2H3,(H,20,22). The van der Waals surface area contributed by atoms with Crippen LogP contribution in [0.2, 0.25) is 0 Å². The third-order valence-electron chi connectivity index (χ3n) is 4.78. The molecule has 0 saturated heterocycles. The average Bonchev–Trinajstić information content (AvgIpc) is 2.88. The molecule has 1 aromatic heterocycles. The van der Waals surface area contributed by atoms with Gasteiger partial charge in [-0.1, -0.05) is 25.0 Å². The van der Waals surface area contributed by atoms with E-state index in [4.69, 9.17) is 5.73 Å². The molecule has 0 radical (unpaired) electrons. The SMILES string of the molecule is CC(Cc1nc2ccccc2s1)NC(=O)C1CCCCC1(C)N. The van der Waals surface area contributed by atoms with E-state index in [-0.39, 0.29) is 23.4 Å². The van der Waals surface area contributed by atoms with Gasteiger partial charge in [0.2, 0.25) is 5.91 Å². The van der Waals surface area contributed by atoms with E-state index in [9.17, 15) is 4.79 Å². The number of hydrogen-bond acceptors (Lipinski definition) is 4. The molecule has 3 N–H and O–H groups in total. The number of thiazole rings is 1. The molecule has 1 aromatic carbocycles. The summed E-state index contributed by atoms with van der Waals surface area (Å²) in [5.74, 6) is 0.0254. The fourth-order valence-electron chi connectivity index (χ4n) is 3.45. The number of para-hydroxylation sites is 1. The maximum Gasteiger partial charge on any atom is 0.225 e. The Morgan fingerprint density at radius 2 is 2.26 bits per heavy atom. The summed E-state index contributed by atoms with van der Waals surface area (Å²) in [4.78, 5) is 17.2. The van der Waals surface area contributed by atoms with Crippen LogP contribution in [0.5, 0.6) is 0 Å². The molecular formula is C18H25N3OS. The van der Waals surface area contributed by atoms with Crippen LogP contribution in [-0.2, 0) is 11.2 Å². The normalized spacial score (nSPS) is 26.1. The van der Waals surface area contributed by atoms with Crippen molar-refractivity contribution in [1.29, 1.82) is 0 Å². The molecule has 1 aliphatic carbocycles. The number of amides is 1. The molecule has 0 spiro atoms. The highest BCUT2D eigenvalue weighted by Gasteiger charge is 2.38. The summed E-state index contributed by atoms with van der Waals surface area (Å²) in [7, 11) is 0. The lowest BCUT2D eigenvalue weighted by molar-refractivity contribution is -0.128. The highest BCUT2D eigenvalue weighted by Crippen LogP contribution is 2.31. The Bertz CT molecular complexity index is 661. The maximum atomic E-state index is 12.6. The molecule has 23 heavy (non-hydrogen) atoms. The Labute approximate surface area is 141 Å². The molecule has 3 atom stereocenters. The molecule has 1 saturated carbocycles. The topological polar surface area (TPSA) is 68.0 Å². The summed E-state index contributed by atoms with van der Waals surface area (Å²) in [6.45, 7) is 4.05. The third-order valence-corrected chi connectivity index (χ3v) is 5.84. The van der Waals surface area contributed by atoms with E-state index in [1.165, 1.54) is 4.70 Å². The van der Waals surface area contributed by atoms with Gasteiger partial charge in [-0.3, -0.25) is 4.79 Å². The van der Waals surface area contributed by atoms with E-state index in [1.807, 2.05) is 32.0 Å². The van der Waals surface area contributed by atoms with Crippen LogP contribution in [0.1, 0.15) is 44.5 Å². The lowest BCUT2D eigenvalue weighted by Crippen LogP contribution is -2.54. The summed E-state index contributed by atoms with van der Waals surface area (Å²) < 4.78 is 1.20. The first-order chi connectivity index (χ1) is 11.0. The van der Waals surface area contributed by atoms with Crippen LogP contribution in [0.3, 0.4) is 0 Å². The van der Waals surface area contributed by atoms with Crippen molar-refractivity contribution >= 4 is 27.5 Å². The van der Waals surface area contributed by atoms with Gasteiger partial charge in [-0.05, 0) is 38.8 Å². The second kappa shape index (κ2) is 6.57. The molecule has 1 heterocycles. The smallest absolute Gasteiger partial charge is 0.225 e. The first kappa shape index (κ1) is 16.4. The van der Waals surface area contributed by atoms with Gasteiger partial charge in [0, 0.05) is 18.0 Å². The van der Waals surface area contributed by atoms with Crippen LogP contribution in [0.15, 0.2) is 24.3 Å². The van der Waals surface area contributed by atoms with Crippen molar-refractivity contribution in [2.24, 2.45) is 11.7 Å². The van der Waals surface area contributed by atoms with Gasteiger partial charge in [0.25, 0.3) is 0 Å². The molecule has 4 nitrogen and oxygen atoms in total. The van der Waals surface area contributed by atoms with Crippen LogP contribution in [0.4, 0.5) is 0 Å². The molecule has 0 bridgehead atoms. The monoisotopic (exact) mass is 331 g/mol.